The van der Waals surface area contributed by atoms with Crippen LogP contribution in [0.3, 0.4) is 0 Å². The van der Waals surface area contributed by atoms with Crippen molar-refractivity contribution < 1.29 is 21.1 Å². The summed E-state index contributed by atoms with van der Waals surface area (Å²) in [5.74, 6) is 0. The van der Waals surface area contributed by atoms with Crippen molar-refractivity contribution in [1.29, 1.82) is 0 Å². The second-order valence-corrected chi connectivity index (χ2v) is 4.31. The maximum absolute atomic E-state index is 4.93. The van der Waals surface area contributed by atoms with Crippen molar-refractivity contribution in [3.63, 3.8) is 0 Å². The summed E-state index contributed by atoms with van der Waals surface area (Å²) in [5.41, 5.74) is 0. The number of hydrogen-bond donors (Lipinski definition) is 0. The molecule has 0 aromatic carbocycles. The maximum atomic E-state index is 4.93. The van der Waals surface area contributed by atoms with Crippen molar-refractivity contribution in [3.8, 4) is 0 Å². The van der Waals surface area contributed by atoms with Gasteiger partial charge in [-0.2, -0.15) is 0 Å². The van der Waals surface area contributed by atoms with Crippen LogP contribution in [0.25, 0.3) is 0 Å². The van der Waals surface area contributed by atoms with Crippen LogP contribution in [-0.4, -0.2) is 18.9 Å². The molecule has 0 heterocycles. The van der Waals surface area contributed by atoms with Crippen molar-refractivity contribution in [3.05, 3.63) is 0 Å². The third kappa shape index (κ3) is 8.95. The zero-order valence-corrected chi connectivity index (χ0v) is 8.21. The zero-order valence-electron chi connectivity index (χ0n) is 1.57. The Kier molecular flexibility index (Phi) is 21.0. The molecule has 0 aliphatic carbocycles. The SMILES string of the molecule is [Cl][Sn][Cl].[Pt]. The topological polar surface area (TPSA) is 0 Å². The van der Waals surface area contributed by atoms with Crippen LogP contribution in [0.2, 0.25) is 0 Å². The molecule has 28 valence electrons. The molecule has 4 heteroatoms. The second-order valence-electron chi connectivity index (χ2n) is 0.0714. The van der Waals surface area contributed by atoms with E-state index in [2.05, 4.69) is 0 Å². The van der Waals surface area contributed by atoms with E-state index >= 15 is 0 Å². The number of hydrogen-bond acceptors (Lipinski definition) is 0. The molecule has 0 N–H and O–H groups in total. The van der Waals surface area contributed by atoms with E-state index in [0.29, 0.717) is 0 Å². The Hall–Kier alpha value is 2.07. The van der Waals surface area contributed by atoms with Gasteiger partial charge < -0.3 is 0 Å². The van der Waals surface area contributed by atoms with Crippen LogP contribution in [0, 0.1) is 0 Å². The summed E-state index contributed by atoms with van der Waals surface area (Å²) in [6, 6.07) is 0. The van der Waals surface area contributed by atoms with Gasteiger partial charge in [0.25, 0.3) is 0 Å². The van der Waals surface area contributed by atoms with Crippen LogP contribution in [0.15, 0.2) is 0 Å². The molecule has 0 fully saturated rings. The molecule has 0 aliphatic heterocycles. The minimum Gasteiger partial charge on any atom is 0 e. The number of rotatable bonds is 0. The third-order valence-corrected chi connectivity index (χ3v) is 0. The Balaban J connectivity index is 0. The summed E-state index contributed by atoms with van der Waals surface area (Å²) >= 11 is -0.826. The van der Waals surface area contributed by atoms with E-state index in [4.69, 9.17) is 17.8 Å². The smallest absolute Gasteiger partial charge is 0 e. The largest absolute Gasteiger partial charge is 0 e. The molecular formula is Cl2PtSn. The zero-order chi connectivity index (χ0) is 2.71. The minimum atomic E-state index is -0.826. The molecular weight excluding hydrogens is 385 g/mol. The van der Waals surface area contributed by atoms with Gasteiger partial charge in [-0.1, -0.05) is 0 Å². The van der Waals surface area contributed by atoms with E-state index in [0.717, 1.165) is 0 Å². The summed E-state index contributed by atoms with van der Waals surface area (Å²) in [7, 11) is 9.87. The second kappa shape index (κ2) is 8.91. The van der Waals surface area contributed by atoms with Crippen LogP contribution in [0.4, 0.5) is 0 Å². The molecule has 2 radical (unpaired) electrons. The van der Waals surface area contributed by atoms with Crippen molar-refractivity contribution in [2.75, 3.05) is 0 Å². The predicted octanol–water partition coefficient (Wildman–Crippen LogP) is 0.996. The molecule has 0 bridgehead atoms. The molecule has 0 aliphatic rings. The van der Waals surface area contributed by atoms with Gasteiger partial charge in [-0.05, 0) is 0 Å². The van der Waals surface area contributed by atoms with Gasteiger partial charge in [0.2, 0.25) is 0 Å². The van der Waals surface area contributed by atoms with Crippen LogP contribution >= 0.6 is 17.8 Å². The Morgan fingerprint density at radius 2 is 1.25 bits per heavy atom. The van der Waals surface area contributed by atoms with Gasteiger partial charge in [0, 0.05) is 21.1 Å². The Morgan fingerprint density at radius 3 is 1.25 bits per heavy atom. The minimum absolute atomic E-state index is 0. The summed E-state index contributed by atoms with van der Waals surface area (Å²) < 4.78 is 0. The monoisotopic (exact) mass is 385 g/mol. The van der Waals surface area contributed by atoms with E-state index in [9.17, 15) is 0 Å². The average Bonchev–Trinajstić information content (AvgIpc) is 0.918. The van der Waals surface area contributed by atoms with Gasteiger partial charge in [-0.3, -0.25) is 0 Å². The van der Waals surface area contributed by atoms with Crippen molar-refractivity contribution >= 4 is 36.7 Å². The molecule has 0 saturated heterocycles. The quantitative estimate of drug-likeness (QED) is 0.547. The Labute approximate surface area is 57.2 Å². The standard InChI is InChI=1S/2ClH.Pt.Sn/h2*1H;;/q;;;+2/p-2. The summed E-state index contributed by atoms with van der Waals surface area (Å²) in [4.78, 5) is 0. The van der Waals surface area contributed by atoms with Gasteiger partial charge in [-0.15, -0.1) is 0 Å². The normalized spacial score (nSPS) is 4.50. The predicted molar refractivity (Wildman–Crippen MR) is 17.5 cm³/mol. The molecule has 0 aromatic rings. The molecule has 0 unspecified atom stereocenters. The summed E-state index contributed by atoms with van der Waals surface area (Å²) in [6.45, 7) is 0. The summed E-state index contributed by atoms with van der Waals surface area (Å²) in [6.07, 6.45) is 0. The van der Waals surface area contributed by atoms with Gasteiger partial charge in [0.15, 0.2) is 0 Å². The van der Waals surface area contributed by atoms with E-state index in [1.54, 1.807) is 0 Å². The first-order chi connectivity index (χ1) is 1.41. The van der Waals surface area contributed by atoms with Crippen LogP contribution in [0.1, 0.15) is 0 Å². The van der Waals surface area contributed by atoms with E-state index in [1.807, 2.05) is 0 Å². The molecule has 0 nitrogen and oxygen atoms in total. The van der Waals surface area contributed by atoms with Crippen LogP contribution in [-0.2, 0) is 21.1 Å². The van der Waals surface area contributed by atoms with Crippen LogP contribution < -0.4 is 0 Å². The molecule has 0 aromatic heterocycles. The molecule has 4 heavy (non-hydrogen) atoms. The van der Waals surface area contributed by atoms with E-state index in [1.165, 1.54) is 0 Å². The molecule has 0 atom stereocenters. The third-order valence-electron chi connectivity index (χ3n) is 0. The Bertz CT molecular complexity index is 6.00. The molecule has 0 spiro atoms. The van der Waals surface area contributed by atoms with Gasteiger partial charge in [0.05, 0.1) is 0 Å². The van der Waals surface area contributed by atoms with E-state index in [-0.39, 0.29) is 21.1 Å². The number of halogens is 2. The molecule has 0 rings (SSSR count). The first-order valence-corrected chi connectivity index (χ1v) is 7.61. The van der Waals surface area contributed by atoms with Crippen LogP contribution in [0.5, 0.6) is 0 Å². The van der Waals surface area contributed by atoms with E-state index < -0.39 is 18.9 Å². The Morgan fingerprint density at radius 1 is 1.25 bits per heavy atom. The maximum Gasteiger partial charge on any atom is 0 e. The van der Waals surface area contributed by atoms with Gasteiger partial charge >= 0.3 is 36.7 Å². The fraction of sp³-hybridized carbons (Fsp3) is 0. The average molecular weight is 385 g/mol. The summed E-state index contributed by atoms with van der Waals surface area (Å²) in [5, 5.41) is 0. The van der Waals surface area contributed by atoms with Gasteiger partial charge in [0.1, 0.15) is 0 Å². The van der Waals surface area contributed by atoms with Crippen molar-refractivity contribution in [2.45, 2.75) is 0 Å². The van der Waals surface area contributed by atoms with Crippen molar-refractivity contribution in [2.24, 2.45) is 0 Å². The first-order valence-electron chi connectivity index (χ1n) is 0.378. The van der Waals surface area contributed by atoms with Gasteiger partial charge in [-0.25, -0.2) is 0 Å². The fourth-order valence-electron chi connectivity index (χ4n) is 0. The fourth-order valence-corrected chi connectivity index (χ4v) is 0. The molecule has 0 amide bonds. The molecule has 0 saturated carbocycles. The first kappa shape index (κ1) is 9.42. The van der Waals surface area contributed by atoms with Crippen molar-refractivity contribution in [1.82, 2.24) is 0 Å².